The van der Waals surface area contributed by atoms with Crippen LogP contribution >= 0.6 is 0 Å². The van der Waals surface area contributed by atoms with E-state index in [4.69, 9.17) is 30.8 Å². The van der Waals surface area contributed by atoms with Crippen molar-refractivity contribution in [1.82, 2.24) is 4.98 Å². The van der Waals surface area contributed by atoms with E-state index in [9.17, 15) is 19.5 Å². The zero-order valence-electron chi connectivity index (χ0n) is 13.6. The van der Waals surface area contributed by atoms with Crippen LogP contribution in [0.15, 0.2) is 6.20 Å². The Morgan fingerprint density at radius 1 is 1.15 bits per heavy atom. The van der Waals surface area contributed by atoms with E-state index in [1.165, 1.54) is 6.20 Å². The van der Waals surface area contributed by atoms with Crippen molar-refractivity contribution in [2.75, 3.05) is 0 Å². The maximum absolute atomic E-state index is 10.4. The topological polar surface area (TPSA) is 215 Å². The number of aliphatic hydroxyl groups excluding tert-OH is 2. The molecule has 0 aliphatic heterocycles. The SMILES string of the molecule is Cc1ncc(CO)c(CO)c1O.O=C(O)CC(O)(CC(=O)OO)C(=O)O. The number of nitrogens with zero attached hydrogens (tertiary/aromatic N) is 1. The van der Waals surface area contributed by atoms with Gasteiger partial charge in [0, 0.05) is 17.3 Å². The van der Waals surface area contributed by atoms with E-state index in [0.29, 0.717) is 16.8 Å². The van der Waals surface area contributed by atoms with Crippen LogP contribution in [0.25, 0.3) is 0 Å². The molecule has 1 aromatic heterocycles. The molecule has 1 aromatic rings. The minimum absolute atomic E-state index is 0.0379. The molecule has 1 unspecified atom stereocenters. The van der Waals surface area contributed by atoms with Gasteiger partial charge in [-0.15, -0.1) is 0 Å². The fraction of sp³-hybridized carbons (Fsp3) is 0.429. The summed E-state index contributed by atoms with van der Waals surface area (Å²) in [4.78, 5) is 37.9. The Kier molecular flexibility index (Phi) is 9.15. The van der Waals surface area contributed by atoms with Crippen molar-refractivity contribution in [3.63, 3.8) is 0 Å². The third kappa shape index (κ3) is 6.60. The summed E-state index contributed by atoms with van der Waals surface area (Å²) in [5, 5.41) is 60.7. The van der Waals surface area contributed by atoms with Crippen LogP contribution in [0.4, 0.5) is 0 Å². The van der Waals surface area contributed by atoms with Crippen LogP contribution in [0.5, 0.6) is 5.75 Å². The summed E-state index contributed by atoms with van der Waals surface area (Å²) >= 11 is 0. The van der Waals surface area contributed by atoms with Crippen molar-refractivity contribution in [3.05, 3.63) is 23.0 Å². The second-order valence-electron chi connectivity index (χ2n) is 5.06. The molecule has 1 atom stereocenters. The molecule has 0 aromatic carbocycles. The lowest BCUT2D eigenvalue weighted by Gasteiger charge is -2.18. The fourth-order valence-electron chi connectivity index (χ4n) is 1.73. The molecule has 0 radical (unpaired) electrons. The zero-order valence-corrected chi connectivity index (χ0v) is 13.6. The van der Waals surface area contributed by atoms with Gasteiger partial charge in [0.2, 0.25) is 0 Å². The lowest BCUT2D eigenvalue weighted by atomic mass is 9.96. The number of rotatable bonds is 7. The van der Waals surface area contributed by atoms with Crippen LogP contribution in [0.1, 0.15) is 29.7 Å². The number of carbonyl (C=O) groups is 3. The summed E-state index contributed by atoms with van der Waals surface area (Å²) < 4.78 is 0. The van der Waals surface area contributed by atoms with Gasteiger partial charge in [-0.3, -0.25) is 9.78 Å². The van der Waals surface area contributed by atoms with Crippen molar-refractivity contribution in [3.8, 4) is 5.75 Å². The average molecular weight is 377 g/mol. The number of hydrogen-bond donors (Lipinski definition) is 7. The van der Waals surface area contributed by atoms with E-state index >= 15 is 0 Å². The Morgan fingerprint density at radius 3 is 2.12 bits per heavy atom. The molecule has 0 spiro atoms. The molecule has 0 aliphatic rings. The number of aromatic nitrogens is 1. The minimum Gasteiger partial charge on any atom is -0.506 e. The quantitative estimate of drug-likeness (QED) is 0.219. The average Bonchev–Trinajstić information content (AvgIpc) is 2.56. The van der Waals surface area contributed by atoms with Crippen molar-refractivity contribution in [2.24, 2.45) is 0 Å². The molecule has 0 amide bonds. The molecule has 0 saturated carbocycles. The first-order valence-electron chi connectivity index (χ1n) is 6.92. The molecule has 0 aliphatic carbocycles. The third-order valence-corrected chi connectivity index (χ3v) is 3.14. The predicted molar refractivity (Wildman–Crippen MR) is 80.7 cm³/mol. The summed E-state index contributed by atoms with van der Waals surface area (Å²) in [7, 11) is 0. The number of carboxylic acids is 2. The van der Waals surface area contributed by atoms with Crippen molar-refractivity contribution < 1.29 is 55.2 Å². The summed E-state index contributed by atoms with van der Waals surface area (Å²) in [6.07, 6.45) is -0.872. The van der Waals surface area contributed by atoms with Crippen molar-refractivity contribution in [2.45, 2.75) is 38.6 Å². The number of aryl methyl sites for hydroxylation is 1. The number of carboxylic acid groups (broad SMARTS) is 2. The lowest BCUT2D eigenvalue weighted by Crippen LogP contribution is -2.43. The van der Waals surface area contributed by atoms with Gasteiger partial charge in [0.05, 0.1) is 31.7 Å². The number of pyridine rings is 1. The Labute approximate surface area is 146 Å². The van der Waals surface area contributed by atoms with Gasteiger partial charge in [-0.05, 0) is 6.92 Å². The first-order valence-corrected chi connectivity index (χ1v) is 6.92. The molecule has 0 bridgehead atoms. The van der Waals surface area contributed by atoms with Crippen LogP contribution in [0, 0.1) is 6.92 Å². The molecule has 146 valence electrons. The van der Waals surface area contributed by atoms with Gasteiger partial charge < -0.3 is 35.5 Å². The van der Waals surface area contributed by atoms with Gasteiger partial charge in [0.1, 0.15) is 5.75 Å². The smallest absolute Gasteiger partial charge is 0.345 e. The number of aliphatic carboxylic acids is 2. The van der Waals surface area contributed by atoms with Crippen molar-refractivity contribution in [1.29, 1.82) is 0 Å². The molecule has 12 nitrogen and oxygen atoms in total. The zero-order chi connectivity index (χ0) is 20.5. The summed E-state index contributed by atoms with van der Waals surface area (Å²) in [6, 6.07) is 0. The molecule has 7 N–H and O–H groups in total. The number of hydrogen-bond acceptors (Lipinski definition) is 10. The van der Waals surface area contributed by atoms with Crippen molar-refractivity contribution >= 4 is 17.9 Å². The van der Waals surface area contributed by atoms with Crippen LogP contribution < -0.4 is 0 Å². The Morgan fingerprint density at radius 2 is 1.73 bits per heavy atom. The van der Waals surface area contributed by atoms with Gasteiger partial charge in [0.25, 0.3) is 0 Å². The molecule has 1 heterocycles. The highest BCUT2D eigenvalue weighted by Crippen LogP contribution is 2.23. The molecule has 1 rings (SSSR count). The molecule has 26 heavy (non-hydrogen) atoms. The van der Waals surface area contributed by atoms with Crippen LogP contribution in [0.3, 0.4) is 0 Å². The maximum Gasteiger partial charge on any atom is 0.345 e. The van der Waals surface area contributed by atoms with E-state index in [0.717, 1.165) is 0 Å². The summed E-state index contributed by atoms with van der Waals surface area (Å²) in [5.74, 6) is -4.95. The van der Waals surface area contributed by atoms with Crippen LogP contribution in [-0.2, 0) is 32.5 Å². The lowest BCUT2D eigenvalue weighted by molar-refractivity contribution is -0.238. The summed E-state index contributed by atoms with van der Waals surface area (Å²) in [6.45, 7) is 1.12. The highest BCUT2D eigenvalue weighted by atomic mass is 17.1. The highest BCUT2D eigenvalue weighted by Gasteiger charge is 2.41. The molecular formula is C14H19NO11. The van der Waals surface area contributed by atoms with E-state index < -0.39 is 36.4 Å². The van der Waals surface area contributed by atoms with Gasteiger partial charge in [0.15, 0.2) is 5.60 Å². The Hall–Kier alpha value is -2.80. The van der Waals surface area contributed by atoms with E-state index in [1.54, 1.807) is 6.92 Å². The number of aromatic hydroxyl groups is 1. The fourth-order valence-corrected chi connectivity index (χ4v) is 1.73. The number of carbonyl (C=O) groups excluding carboxylic acids is 1. The number of aliphatic hydroxyl groups is 3. The Bertz CT molecular complexity index is 661. The Balaban J connectivity index is 0.000000485. The molecule has 0 saturated heterocycles. The molecular weight excluding hydrogens is 358 g/mol. The first kappa shape index (κ1) is 23.2. The van der Waals surface area contributed by atoms with Crippen LogP contribution in [-0.4, -0.2) is 64.4 Å². The van der Waals surface area contributed by atoms with E-state index in [-0.39, 0.29) is 19.0 Å². The summed E-state index contributed by atoms with van der Waals surface area (Å²) in [5.41, 5.74) is -1.51. The van der Waals surface area contributed by atoms with E-state index in [1.807, 2.05) is 0 Å². The van der Waals surface area contributed by atoms with Gasteiger partial charge in [-0.25, -0.2) is 9.59 Å². The minimum atomic E-state index is -2.77. The largest absolute Gasteiger partial charge is 0.506 e. The standard InChI is InChI=1S/C8H11NO3.C6H8O8/c1-5-8(12)7(4-11)6(3-10)2-9-5;7-3(8)1-6(12,5(10)11)2-4(9)14-13/h2,10-12H,3-4H2,1H3;12-13H,1-2H2,(H,7,8)(H,10,11). The molecule has 0 fully saturated rings. The highest BCUT2D eigenvalue weighted by molar-refractivity contribution is 5.88. The normalized spacial score (nSPS) is 12.3. The van der Waals surface area contributed by atoms with Gasteiger partial charge >= 0.3 is 17.9 Å². The second-order valence-corrected chi connectivity index (χ2v) is 5.06. The first-order chi connectivity index (χ1) is 12.0. The third-order valence-electron chi connectivity index (χ3n) is 3.14. The second kappa shape index (κ2) is 10.2. The molecule has 12 heteroatoms. The van der Waals surface area contributed by atoms with E-state index in [2.05, 4.69) is 9.87 Å². The maximum atomic E-state index is 10.4. The van der Waals surface area contributed by atoms with Gasteiger partial charge in [-0.2, -0.15) is 5.26 Å². The predicted octanol–water partition coefficient (Wildman–Crippen LogP) is -1.24. The van der Waals surface area contributed by atoms with Gasteiger partial charge in [-0.1, -0.05) is 0 Å². The van der Waals surface area contributed by atoms with Crippen LogP contribution in [0.2, 0.25) is 0 Å². The monoisotopic (exact) mass is 377 g/mol.